The largest absolute Gasteiger partial charge is 0.480 e. The van der Waals surface area contributed by atoms with E-state index in [0.29, 0.717) is 12.8 Å². The number of methoxy groups -OCH3 is 2. The smallest absolute Gasteiger partial charge is 0.326 e. The molecule has 1 aromatic carbocycles. The normalized spacial score (nSPS) is 17.9. The highest BCUT2D eigenvalue weighted by Crippen LogP contribution is 2.42. The lowest BCUT2D eigenvalue weighted by Gasteiger charge is -2.40. The maximum Gasteiger partial charge on any atom is 0.326 e. The number of likely N-dealkylation sites (N-methyl/N-ethyl adjacent to an activating group) is 2. The summed E-state index contributed by atoms with van der Waals surface area (Å²) in [5.41, 5.74) is 2.51. The van der Waals surface area contributed by atoms with Gasteiger partial charge in [0, 0.05) is 33.6 Å². The average molecular weight is 790 g/mol. The summed E-state index contributed by atoms with van der Waals surface area (Å²) in [4.78, 5) is 68.8. The summed E-state index contributed by atoms with van der Waals surface area (Å²) in [6.45, 7) is 17.2. The van der Waals surface area contributed by atoms with E-state index in [1.807, 2.05) is 55.4 Å². The van der Waals surface area contributed by atoms with Gasteiger partial charge in [0.1, 0.15) is 17.9 Å². The number of amides is 4. The van der Waals surface area contributed by atoms with Crippen LogP contribution in [0.15, 0.2) is 35.4 Å². The molecule has 5 N–H and O–H groups in total. The lowest BCUT2D eigenvalue weighted by atomic mass is 9.89. The Balaban J connectivity index is 2.34. The molecule has 1 aromatic rings. The highest BCUT2D eigenvalue weighted by molar-refractivity contribution is 5.90. The van der Waals surface area contributed by atoms with Gasteiger partial charge < -0.3 is 40.7 Å². The predicted octanol–water partition coefficient (Wildman–Crippen LogP) is 4.09. The molecule has 0 fully saturated rings. The fourth-order valence-corrected chi connectivity index (χ4v) is 7.61. The number of nitrogens with zero attached hydrogens (tertiary/aromatic N) is 1. The van der Waals surface area contributed by atoms with Crippen LogP contribution in [0.2, 0.25) is 0 Å². The van der Waals surface area contributed by atoms with Crippen molar-refractivity contribution in [1.82, 2.24) is 26.2 Å². The number of carbonyl (C=O) groups excluding carboxylic acids is 4. The number of halogens is 1. The first-order valence-corrected chi connectivity index (χ1v) is 19.8. The van der Waals surface area contributed by atoms with Crippen LogP contribution in [-0.2, 0) is 39.9 Å². The summed E-state index contributed by atoms with van der Waals surface area (Å²) in [5, 5.41) is 21.5. The Kier molecular flexibility index (Phi) is 19.1. The summed E-state index contributed by atoms with van der Waals surface area (Å²) in [6, 6.07) is 1.90. The molecule has 1 aliphatic rings. The first-order chi connectivity index (χ1) is 26.2. The van der Waals surface area contributed by atoms with Crippen molar-refractivity contribution in [2.24, 2.45) is 29.6 Å². The fraction of sp³-hybridized carbons (Fsp3) is 0.690. The van der Waals surface area contributed by atoms with Crippen LogP contribution in [-0.4, -0.2) is 110 Å². The van der Waals surface area contributed by atoms with Crippen LogP contribution < -0.4 is 21.3 Å². The molecule has 0 unspecified atom stereocenters. The molecule has 9 atom stereocenters. The van der Waals surface area contributed by atoms with Gasteiger partial charge in [-0.15, -0.1) is 0 Å². The lowest BCUT2D eigenvalue weighted by molar-refractivity contribution is -0.145. The first-order valence-electron chi connectivity index (χ1n) is 19.8. The van der Waals surface area contributed by atoms with Crippen LogP contribution in [0.1, 0.15) is 87.1 Å². The minimum atomic E-state index is -1.40. The second-order valence-electron chi connectivity index (χ2n) is 16.1. The van der Waals surface area contributed by atoms with Crippen LogP contribution in [0, 0.1) is 35.4 Å². The molecule has 2 rings (SSSR count). The molecule has 0 heterocycles. The van der Waals surface area contributed by atoms with Crippen molar-refractivity contribution in [2.75, 3.05) is 28.3 Å². The number of carboxylic acid groups (broad SMARTS) is 1. The summed E-state index contributed by atoms with van der Waals surface area (Å²) < 4.78 is 26.2. The van der Waals surface area contributed by atoms with Crippen molar-refractivity contribution >= 4 is 29.6 Å². The van der Waals surface area contributed by atoms with E-state index in [0.717, 1.165) is 0 Å². The number of ether oxygens (including phenoxy) is 2. The van der Waals surface area contributed by atoms with Gasteiger partial charge in [0.25, 0.3) is 0 Å². The second-order valence-corrected chi connectivity index (χ2v) is 16.1. The van der Waals surface area contributed by atoms with Crippen LogP contribution in [0.4, 0.5) is 4.39 Å². The third kappa shape index (κ3) is 12.8. The molecule has 0 aromatic heterocycles. The average Bonchev–Trinajstić information content (AvgIpc) is 3.71. The van der Waals surface area contributed by atoms with Crippen molar-refractivity contribution in [3.05, 3.63) is 46.8 Å². The number of hydrogen-bond acceptors (Lipinski definition) is 8. The van der Waals surface area contributed by atoms with E-state index in [2.05, 4.69) is 21.3 Å². The topological polar surface area (TPSA) is 175 Å². The predicted molar refractivity (Wildman–Crippen MR) is 214 cm³/mol. The number of nitrogens with one attached hydrogen (secondary N) is 4. The monoisotopic (exact) mass is 790 g/mol. The molecule has 56 heavy (non-hydrogen) atoms. The van der Waals surface area contributed by atoms with Gasteiger partial charge in [-0.3, -0.25) is 19.2 Å². The van der Waals surface area contributed by atoms with E-state index in [1.54, 1.807) is 32.0 Å². The molecule has 0 saturated heterocycles. The standard InChI is InChI=1S/C42H68FN5O8/c1-14-24(6)37(48(11)41(52)36(23(4)5)47-40(51)35(44-10)22(2)3)33(55-12)21-34(49)45-31(20-29-25(7)26(29)8)38(56-13)27(9)39(50)46-32(42(53)54)19-28-17-15-16-18-30(28)43/h15-18,22-24,27,29,31-33,35-38,44H,14,19-21H2,1-13H3,(H,45,49)(H,46,50)(H,47,51)(H,53,54)/t24-,27+,31-,32-,33+,35-,36-,37-,38+/m0/s1. The number of rotatable bonds is 24. The molecule has 316 valence electrons. The Morgan fingerprint density at radius 1 is 0.875 bits per heavy atom. The summed E-state index contributed by atoms with van der Waals surface area (Å²) in [6.07, 6.45) is -0.845. The second kappa shape index (κ2) is 22.2. The molecule has 13 nitrogen and oxygen atoms in total. The number of aliphatic carboxylic acids is 1. The summed E-state index contributed by atoms with van der Waals surface area (Å²) >= 11 is 0. The molecular formula is C42H68FN5O8. The molecule has 0 saturated carbocycles. The van der Waals surface area contributed by atoms with Crippen LogP contribution in [0.25, 0.3) is 0 Å². The Bertz CT molecular complexity index is 1520. The molecule has 1 aliphatic carbocycles. The molecule has 0 aliphatic heterocycles. The van der Waals surface area contributed by atoms with Crippen LogP contribution in [0.5, 0.6) is 0 Å². The molecule has 0 spiro atoms. The molecule has 14 heteroatoms. The van der Waals surface area contributed by atoms with Gasteiger partial charge in [0.15, 0.2) is 0 Å². The summed E-state index contributed by atoms with van der Waals surface area (Å²) in [7, 11) is 6.31. The van der Waals surface area contributed by atoms with Crippen molar-refractivity contribution in [3.63, 3.8) is 0 Å². The first kappa shape index (κ1) is 48.3. The van der Waals surface area contributed by atoms with Gasteiger partial charge in [-0.2, -0.15) is 0 Å². The Morgan fingerprint density at radius 3 is 1.93 bits per heavy atom. The van der Waals surface area contributed by atoms with Crippen LogP contribution in [0.3, 0.4) is 0 Å². The quantitative estimate of drug-likeness (QED) is 0.0967. The van der Waals surface area contributed by atoms with E-state index >= 15 is 0 Å². The third-order valence-corrected chi connectivity index (χ3v) is 11.6. The SMILES string of the molecule is CC[C@H](C)[C@@H]([C@@H](CC(=O)N[C@@H](CC1C(C)=C1C)[C@H](OC)[C@@H](C)C(=O)N[C@@H](Cc1ccccc1F)C(=O)O)OC)N(C)C(=O)[C@@H](NC(=O)[C@@H](NC)C(C)C)C(C)C. The fourth-order valence-electron chi connectivity index (χ4n) is 7.61. The zero-order valence-electron chi connectivity index (χ0n) is 35.7. The zero-order chi connectivity index (χ0) is 42.6. The zero-order valence-corrected chi connectivity index (χ0v) is 35.7. The highest BCUT2D eigenvalue weighted by atomic mass is 19.1. The van der Waals surface area contributed by atoms with Gasteiger partial charge in [-0.05, 0) is 56.7 Å². The summed E-state index contributed by atoms with van der Waals surface area (Å²) in [5.74, 6) is -4.59. The highest BCUT2D eigenvalue weighted by Gasteiger charge is 2.42. The number of carbonyl (C=O) groups is 5. The van der Waals surface area contributed by atoms with Gasteiger partial charge in [0.05, 0.1) is 42.7 Å². The van der Waals surface area contributed by atoms with Crippen LogP contribution >= 0.6 is 0 Å². The minimum absolute atomic E-state index is 0.000411. The lowest BCUT2D eigenvalue weighted by Crippen LogP contribution is -2.59. The van der Waals surface area contributed by atoms with Gasteiger partial charge in [-0.25, -0.2) is 9.18 Å². The van der Waals surface area contributed by atoms with Gasteiger partial charge >= 0.3 is 5.97 Å². The minimum Gasteiger partial charge on any atom is -0.480 e. The van der Waals surface area contributed by atoms with E-state index in [9.17, 15) is 33.5 Å². The van der Waals surface area contributed by atoms with E-state index in [-0.39, 0.29) is 59.8 Å². The Labute approximate surface area is 333 Å². The number of carboxylic acids is 1. The van der Waals surface area contributed by atoms with Gasteiger partial charge in [0.2, 0.25) is 23.6 Å². The van der Waals surface area contributed by atoms with Gasteiger partial charge in [-0.1, -0.05) is 84.2 Å². The van der Waals surface area contributed by atoms with Crippen molar-refractivity contribution < 1.29 is 42.9 Å². The van der Waals surface area contributed by atoms with Crippen molar-refractivity contribution in [3.8, 4) is 0 Å². The third-order valence-electron chi connectivity index (χ3n) is 11.6. The molecular weight excluding hydrogens is 721 g/mol. The number of allylic oxidation sites excluding steroid dienone is 2. The molecule has 0 radical (unpaired) electrons. The maximum absolute atomic E-state index is 14.4. The molecule has 0 bridgehead atoms. The van der Waals surface area contributed by atoms with E-state index < -0.39 is 66.0 Å². The van der Waals surface area contributed by atoms with E-state index in [1.165, 1.54) is 43.6 Å². The molecule has 4 amide bonds. The number of hydrogen-bond donors (Lipinski definition) is 5. The maximum atomic E-state index is 14.4. The number of benzene rings is 1. The van der Waals surface area contributed by atoms with E-state index in [4.69, 9.17) is 9.47 Å². The Hall–Kier alpha value is -3.88. The van der Waals surface area contributed by atoms with Crippen molar-refractivity contribution in [1.29, 1.82) is 0 Å². The van der Waals surface area contributed by atoms with Crippen molar-refractivity contribution in [2.45, 2.75) is 130 Å². The Morgan fingerprint density at radius 2 is 1.46 bits per heavy atom.